The van der Waals surface area contributed by atoms with Gasteiger partial charge in [-0.05, 0) is 62.1 Å². The molecule has 0 radical (unpaired) electrons. The highest BCUT2D eigenvalue weighted by Gasteiger charge is 2.26. The van der Waals surface area contributed by atoms with E-state index in [1.54, 1.807) is 42.6 Å². The summed E-state index contributed by atoms with van der Waals surface area (Å²) >= 11 is 0. The Kier molecular flexibility index (Phi) is 7.80. The lowest BCUT2D eigenvalue weighted by atomic mass is 10.1. The zero-order valence-corrected chi connectivity index (χ0v) is 22.8. The van der Waals surface area contributed by atoms with E-state index in [0.29, 0.717) is 24.8 Å². The summed E-state index contributed by atoms with van der Waals surface area (Å²) in [6.45, 7) is 5.57. The van der Waals surface area contributed by atoms with Crippen molar-refractivity contribution in [3.63, 3.8) is 0 Å². The number of aryl methyl sites for hydroxylation is 1. The Bertz CT molecular complexity index is 1550. The number of carboxylic acids is 1. The van der Waals surface area contributed by atoms with Crippen LogP contribution in [0, 0.1) is 12.7 Å². The van der Waals surface area contributed by atoms with Gasteiger partial charge in [0.2, 0.25) is 5.88 Å². The number of rotatable bonds is 10. The van der Waals surface area contributed by atoms with Crippen LogP contribution < -0.4 is 9.47 Å². The molecule has 2 fully saturated rings. The van der Waals surface area contributed by atoms with E-state index in [9.17, 15) is 14.3 Å². The van der Waals surface area contributed by atoms with Crippen LogP contribution in [0.3, 0.4) is 0 Å². The van der Waals surface area contributed by atoms with Crippen LogP contribution >= 0.6 is 0 Å². The van der Waals surface area contributed by atoms with Crippen LogP contribution in [0.1, 0.15) is 46.8 Å². The lowest BCUT2D eigenvalue weighted by Gasteiger charge is -2.32. The number of aromatic nitrogens is 4. The van der Waals surface area contributed by atoms with E-state index in [1.807, 2.05) is 6.92 Å². The van der Waals surface area contributed by atoms with E-state index < -0.39 is 11.8 Å². The summed E-state index contributed by atoms with van der Waals surface area (Å²) in [5.74, 6) is 0.586. The first-order valence-corrected chi connectivity index (χ1v) is 13.9. The van der Waals surface area contributed by atoms with Crippen LogP contribution in [0.25, 0.3) is 11.0 Å². The first-order valence-electron chi connectivity index (χ1n) is 13.9. The van der Waals surface area contributed by atoms with Crippen LogP contribution in [-0.2, 0) is 24.4 Å². The third-order valence-corrected chi connectivity index (χ3v) is 7.56. The summed E-state index contributed by atoms with van der Waals surface area (Å²) in [6, 6.07) is 11.6. The maximum Gasteiger partial charge on any atom is 0.335 e. The van der Waals surface area contributed by atoms with E-state index in [4.69, 9.17) is 19.2 Å². The number of imidazole rings is 1. The van der Waals surface area contributed by atoms with Crippen molar-refractivity contribution < 1.29 is 28.5 Å². The van der Waals surface area contributed by atoms with Gasteiger partial charge in [0.05, 0.1) is 35.8 Å². The molecule has 4 aromatic rings. The van der Waals surface area contributed by atoms with Crippen LogP contribution in [0.15, 0.2) is 48.7 Å². The molecule has 10 nitrogen and oxygen atoms in total. The molecule has 41 heavy (non-hydrogen) atoms. The lowest BCUT2D eigenvalue weighted by Crippen LogP contribution is -2.39. The zero-order valence-electron chi connectivity index (χ0n) is 22.8. The average molecular weight is 562 g/mol. The van der Waals surface area contributed by atoms with Crippen molar-refractivity contribution in [2.45, 2.75) is 58.1 Å². The molecule has 214 valence electrons. The highest BCUT2D eigenvalue weighted by atomic mass is 19.1. The van der Waals surface area contributed by atoms with Crippen LogP contribution in [0.2, 0.25) is 0 Å². The van der Waals surface area contributed by atoms with E-state index >= 15 is 0 Å². The Hall–Kier alpha value is -4.09. The topological polar surface area (TPSA) is 112 Å². The fraction of sp³-hybridized carbons (Fsp3) is 0.400. The van der Waals surface area contributed by atoms with Gasteiger partial charge in [0.15, 0.2) is 17.4 Å². The highest BCUT2D eigenvalue weighted by Crippen LogP contribution is 2.25. The van der Waals surface area contributed by atoms with Gasteiger partial charge in [-0.3, -0.25) is 4.90 Å². The first kappa shape index (κ1) is 27.1. The van der Waals surface area contributed by atoms with Crippen LogP contribution in [0.5, 0.6) is 11.6 Å². The summed E-state index contributed by atoms with van der Waals surface area (Å²) in [5, 5.41) is 9.48. The summed E-state index contributed by atoms with van der Waals surface area (Å²) in [5.41, 5.74) is 2.68. The second-order valence-electron chi connectivity index (χ2n) is 10.6. The molecule has 2 aliphatic heterocycles. The zero-order chi connectivity index (χ0) is 28.3. The third-order valence-electron chi connectivity index (χ3n) is 7.56. The third kappa shape index (κ3) is 6.31. The number of aromatic carboxylic acids is 1. The van der Waals surface area contributed by atoms with Gasteiger partial charge in [0.25, 0.3) is 0 Å². The van der Waals surface area contributed by atoms with E-state index in [0.717, 1.165) is 61.4 Å². The van der Waals surface area contributed by atoms with Crippen molar-refractivity contribution in [3.8, 4) is 11.6 Å². The molecule has 11 heteroatoms. The molecule has 1 atom stereocenters. The van der Waals surface area contributed by atoms with E-state index in [1.165, 1.54) is 6.07 Å². The Morgan fingerprint density at radius 2 is 1.95 bits per heavy atom. The van der Waals surface area contributed by atoms with Gasteiger partial charge in [-0.15, -0.1) is 0 Å². The van der Waals surface area contributed by atoms with Crippen LogP contribution in [-0.4, -0.2) is 67.4 Å². The number of fused-ring (bicyclic) bond motifs is 1. The smallest absolute Gasteiger partial charge is 0.335 e. The number of carboxylic acid groups (broad SMARTS) is 1. The number of hydrogen-bond donors (Lipinski definition) is 1. The van der Waals surface area contributed by atoms with Gasteiger partial charge < -0.3 is 23.9 Å². The Morgan fingerprint density at radius 1 is 1.12 bits per heavy atom. The standard InChI is InChI=1S/C30H32FN5O5/c1-19-2-5-26(23(31)14-19)40-18-27-32-10-6-29(34-27)41-21-7-11-35(12-8-21)17-28-33-24-4-3-20(30(37)38)15-25(24)36(28)16-22-9-13-39-22/h2-6,10,14-15,21-22H,7-9,11-13,16-18H2,1H3,(H,37,38)/t22-/m0/s1. The molecule has 2 aromatic heterocycles. The lowest BCUT2D eigenvalue weighted by molar-refractivity contribution is -0.0592. The predicted octanol–water partition coefficient (Wildman–Crippen LogP) is 4.38. The highest BCUT2D eigenvalue weighted by molar-refractivity contribution is 5.92. The van der Waals surface area contributed by atoms with E-state index in [2.05, 4.69) is 19.4 Å². The number of hydrogen-bond acceptors (Lipinski definition) is 8. The predicted molar refractivity (Wildman–Crippen MR) is 147 cm³/mol. The molecule has 6 rings (SSSR count). The van der Waals surface area contributed by atoms with Crippen molar-refractivity contribution in [1.82, 2.24) is 24.4 Å². The number of piperidine rings is 1. The number of ether oxygens (including phenoxy) is 3. The minimum Gasteiger partial charge on any atom is -0.483 e. The average Bonchev–Trinajstić information content (AvgIpc) is 3.27. The Balaban J connectivity index is 1.06. The largest absolute Gasteiger partial charge is 0.483 e. The molecule has 0 amide bonds. The van der Waals surface area contributed by atoms with Gasteiger partial charge in [-0.25, -0.2) is 19.2 Å². The monoisotopic (exact) mass is 561 g/mol. The molecule has 1 N–H and O–H groups in total. The molecule has 0 aliphatic carbocycles. The summed E-state index contributed by atoms with van der Waals surface area (Å²) < 4.78 is 33.6. The number of likely N-dealkylation sites (tertiary alicyclic amines) is 1. The van der Waals surface area contributed by atoms with Crippen molar-refractivity contribution in [2.24, 2.45) is 0 Å². The van der Waals surface area contributed by atoms with E-state index in [-0.39, 0.29) is 30.1 Å². The molecule has 2 aliphatic rings. The van der Waals surface area contributed by atoms with Gasteiger partial charge in [-0.1, -0.05) is 6.07 Å². The second kappa shape index (κ2) is 11.8. The quantitative estimate of drug-likeness (QED) is 0.301. The molecular weight excluding hydrogens is 529 g/mol. The number of halogens is 1. The fourth-order valence-electron chi connectivity index (χ4n) is 5.20. The SMILES string of the molecule is Cc1ccc(OCc2nccc(OC3CCN(Cc4nc5ccc(C(=O)O)cc5n4C[C@@H]4CCO4)CC3)n2)c(F)c1. The van der Waals surface area contributed by atoms with Gasteiger partial charge in [0, 0.05) is 32.0 Å². The minimum absolute atomic E-state index is 0.00443. The molecule has 0 bridgehead atoms. The Morgan fingerprint density at radius 3 is 2.68 bits per heavy atom. The van der Waals surface area contributed by atoms with Gasteiger partial charge in [-0.2, -0.15) is 4.98 Å². The fourth-order valence-corrected chi connectivity index (χ4v) is 5.20. The molecule has 2 aromatic carbocycles. The molecule has 2 saturated heterocycles. The second-order valence-corrected chi connectivity index (χ2v) is 10.6. The first-order chi connectivity index (χ1) is 19.9. The maximum atomic E-state index is 14.1. The van der Waals surface area contributed by atoms with Crippen molar-refractivity contribution in [3.05, 3.63) is 77.3 Å². The maximum absolute atomic E-state index is 14.1. The van der Waals surface area contributed by atoms with Crippen LogP contribution in [0.4, 0.5) is 4.39 Å². The molecular formula is C30H32FN5O5. The number of benzene rings is 2. The number of carbonyl (C=O) groups is 1. The molecule has 0 saturated carbocycles. The molecule has 0 unspecified atom stereocenters. The summed E-state index contributed by atoms with van der Waals surface area (Å²) in [4.78, 5) is 27.4. The molecule has 0 spiro atoms. The number of nitrogens with zero attached hydrogens (tertiary/aromatic N) is 5. The van der Waals surface area contributed by atoms with Gasteiger partial charge >= 0.3 is 5.97 Å². The minimum atomic E-state index is -0.952. The summed E-state index contributed by atoms with van der Waals surface area (Å²) in [7, 11) is 0. The van der Waals surface area contributed by atoms with Crippen molar-refractivity contribution in [2.75, 3.05) is 19.7 Å². The van der Waals surface area contributed by atoms with Crippen molar-refractivity contribution in [1.29, 1.82) is 0 Å². The Labute approximate surface area is 236 Å². The summed E-state index contributed by atoms with van der Waals surface area (Å²) in [6.07, 6.45) is 4.37. The van der Waals surface area contributed by atoms with Crippen molar-refractivity contribution >= 4 is 17.0 Å². The van der Waals surface area contributed by atoms with Gasteiger partial charge in [0.1, 0.15) is 18.5 Å². The molecule has 4 heterocycles. The normalized spacial score (nSPS) is 17.9.